The van der Waals surface area contributed by atoms with E-state index in [9.17, 15) is 13.6 Å². The lowest BCUT2D eigenvalue weighted by Gasteiger charge is -2.20. The van der Waals surface area contributed by atoms with Gasteiger partial charge in [0.1, 0.15) is 10.1 Å². The normalized spacial score (nSPS) is 21.0. The van der Waals surface area contributed by atoms with E-state index in [-0.39, 0.29) is 11.7 Å². The Balaban J connectivity index is 2.12. The third-order valence-electron chi connectivity index (χ3n) is 3.38. The molecule has 1 aromatic carbocycles. The van der Waals surface area contributed by atoms with Gasteiger partial charge in [0.05, 0.1) is 12.0 Å². The molecule has 0 heterocycles. The van der Waals surface area contributed by atoms with Crippen molar-refractivity contribution in [3.63, 3.8) is 0 Å². The van der Waals surface area contributed by atoms with Gasteiger partial charge in [0.15, 0.2) is 0 Å². The second-order valence-electron chi connectivity index (χ2n) is 4.90. The topological polar surface area (TPSA) is 38.3 Å². The van der Waals surface area contributed by atoms with Crippen LogP contribution in [0.2, 0.25) is 0 Å². The fraction of sp³-hybridized carbons (Fsp3) is 0.500. The molecule has 0 radical (unpaired) electrons. The van der Waals surface area contributed by atoms with Crippen LogP contribution in [0, 0.1) is 5.92 Å². The summed E-state index contributed by atoms with van der Waals surface area (Å²) in [6, 6.07) is 5.96. The monoisotopic (exact) mass is 337 g/mol. The number of carbonyl (C=O) groups is 1. The predicted octanol–water partition coefficient (Wildman–Crippen LogP) is 4.05. The molecule has 0 bridgehead atoms. The Morgan fingerprint density at radius 2 is 2.10 bits per heavy atom. The average Bonchev–Trinajstić information content (AvgIpc) is 3.05. The molecule has 0 aliphatic heterocycles. The lowest BCUT2D eigenvalue weighted by Crippen LogP contribution is -2.31. The fourth-order valence-corrected chi connectivity index (χ4v) is 2.65. The average molecular weight is 338 g/mol. The number of amides is 1. The van der Waals surface area contributed by atoms with Gasteiger partial charge in [-0.05, 0) is 18.9 Å². The van der Waals surface area contributed by atoms with Crippen molar-refractivity contribution in [1.82, 2.24) is 5.32 Å². The molecule has 3 nitrogen and oxygen atoms in total. The van der Waals surface area contributed by atoms with Gasteiger partial charge in [-0.3, -0.25) is 4.79 Å². The van der Waals surface area contributed by atoms with E-state index < -0.39 is 22.9 Å². The highest BCUT2D eigenvalue weighted by Crippen LogP contribution is 2.53. The van der Waals surface area contributed by atoms with Gasteiger partial charge in [0.2, 0.25) is 5.91 Å². The standard InChI is InChI=1S/C14H15Cl2F2NO2/c1-2-10(19-12(20)9-7-14(9,15)16)8-5-3-4-6-11(8)21-13(17)18/h3-6,9-10,13H,2,7H2,1H3,(H,19,20). The molecule has 1 aromatic rings. The predicted molar refractivity (Wildman–Crippen MR) is 76.8 cm³/mol. The minimum Gasteiger partial charge on any atom is -0.434 e. The molecule has 2 rings (SSSR count). The summed E-state index contributed by atoms with van der Waals surface area (Å²) >= 11 is 11.7. The lowest BCUT2D eigenvalue weighted by molar-refractivity contribution is -0.123. The van der Waals surface area contributed by atoms with Gasteiger partial charge in [-0.25, -0.2) is 0 Å². The maximum atomic E-state index is 12.4. The maximum absolute atomic E-state index is 12.4. The zero-order valence-corrected chi connectivity index (χ0v) is 12.8. The number of para-hydroxylation sites is 1. The number of rotatable bonds is 6. The van der Waals surface area contributed by atoms with Crippen molar-refractivity contribution < 1.29 is 18.3 Å². The van der Waals surface area contributed by atoms with E-state index in [0.29, 0.717) is 18.4 Å². The van der Waals surface area contributed by atoms with Gasteiger partial charge in [-0.1, -0.05) is 25.1 Å². The zero-order valence-electron chi connectivity index (χ0n) is 11.3. The quantitative estimate of drug-likeness (QED) is 0.795. The highest BCUT2D eigenvalue weighted by molar-refractivity contribution is 6.52. The first-order chi connectivity index (χ1) is 9.85. The Labute approximate surface area is 131 Å². The molecule has 116 valence electrons. The maximum Gasteiger partial charge on any atom is 0.387 e. The third-order valence-corrected chi connectivity index (χ3v) is 4.21. The molecule has 7 heteroatoms. The summed E-state index contributed by atoms with van der Waals surface area (Å²) in [7, 11) is 0. The van der Waals surface area contributed by atoms with Gasteiger partial charge < -0.3 is 10.1 Å². The van der Waals surface area contributed by atoms with Crippen molar-refractivity contribution in [1.29, 1.82) is 0 Å². The molecule has 1 fully saturated rings. The number of halogens is 4. The van der Waals surface area contributed by atoms with Crippen molar-refractivity contribution in [2.24, 2.45) is 5.92 Å². The van der Waals surface area contributed by atoms with Gasteiger partial charge in [-0.2, -0.15) is 8.78 Å². The largest absolute Gasteiger partial charge is 0.434 e. The van der Waals surface area contributed by atoms with E-state index in [1.165, 1.54) is 6.07 Å². The van der Waals surface area contributed by atoms with E-state index in [1.807, 2.05) is 6.92 Å². The first kappa shape index (κ1) is 16.3. The molecule has 1 saturated carbocycles. The number of hydrogen-bond acceptors (Lipinski definition) is 2. The second kappa shape index (κ2) is 6.36. The van der Waals surface area contributed by atoms with Crippen LogP contribution in [0.5, 0.6) is 5.75 Å². The van der Waals surface area contributed by atoms with E-state index in [0.717, 1.165) is 0 Å². The summed E-state index contributed by atoms with van der Waals surface area (Å²) in [5.41, 5.74) is 0.504. The Morgan fingerprint density at radius 3 is 2.62 bits per heavy atom. The Kier molecular flexibility index (Phi) is 4.94. The summed E-state index contributed by atoms with van der Waals surface area (Å²) in [6.07, 6.45) is 0.924. The molecule has 2 unspecified atom stereocenters. The smallest absolute Gasteiger partial charge is 0.387 e. The summed E-state index contributed by atoms with van der Waals surface area (Å²) in [5, 5.41) is 2.78. The minimum atomic E-state index is -2.92. The van der Waals surface area contributed by atoms with E-state index in [1.54, 1.807) is 18.2 Å². The first-order valence-electron chi connectivity index (χ1n) is 6.57. The van der Waals surface area contributed by atoms with Crippen LogP contribution < -0.4 is 10.1 Å². The van der Waals surface area contributed by atoms with E-state index in [4.69, 9.17) is 23.2 Å². The van der Waals surface area contributed by atoms with Gasteiger partial charge in [0, 0.05) is 5.56 Å². The SMILES string of the molecule is CCC(NC(=O)C1CC1(Cl)Cl)c1ccccc1OC(F)F. The molecule has 1 amide bonds. The van der Waals surface area contributed by atoms with Crippen molar-refractivity contribution in [3.8, 4) is 5.75 Å². The molecule has 0 aromatic heterocycles. The van der Waals surface area contributed by atoms with Crippen LogP contribution in [0.4, 0.5) is 8.78 Å². The third kappa shape index (κ3) is 3.98. The molecular formula is C14H15Cl2F2NO2. The molecule has 0 saturated heterocycles. The van der Waals surface area contributed by atoms with Crippen molar-refractivity contribution in [3.05, 3.63) is 29.8 Å². The molecule has 1 aliphatic carbocycles. The van der Waals surface area contributed by atoms with Crippen molar-refractivity contribution in [2.75, 3.05) is 0 Å². The number of hydrogen-bond donors (Lipinski definition) is 1. The van der Waals surface area contributed by atoms with E-state index >= 15 is 0 Å². The van der Waals surface area contributed by atoms with Crippen molar-refractivity contribution >= 4 is 29.1 Å². The highest BCUT2D eigenvalue weighted by Gasteiger charge is 2.56. The number of carbonyl (C=O) groups excluding carboxylic acids is 1. The molecule has 0 spiro atoms. The number of ether oxygens (including phenoxy) is 1. The summed E-state index contributed by atoms with van der Waals surface area (Å²) in [5.74, 6) is -0.685. The molecule has 1 aliphatic rings. The summed E-state index contributed by atoms with van der Waals surface area (Å²) in [4.78, 5) is 12.0. The second-order valence-corrected chi connectivity index (χ2v) is 6.45. The van der Waals surface area contributed by atoms with Crippen LogP contribution in [-0.4, -0.2) is 16.9 Å². The van der Waals surface area contributed by atoms with E-state index in [2.05, 4.69) is 10.1 Å². The Bertz CT molecular complexity index is 525. The number of nitrogens with one attached hydrogen (secondary N) is 1. The first-order valence-corrected chi connectivity index (χ1v) is 7.32. The zero-order chi connectivity index (χ0) is 15.6. The van der Waals surface area contributed by atoms with Crippen LogP contribution >= 0.6 is 23.2 Å². The Hall–Kier alpha value is -1.07. The number of alkyl halides is 4. The summed E-state index contributed by atoms with van der Waals surface area (Å²) in [6.45, 7) is -1.08. The Morgan fingerprint density at radius 1 is 1.48 bits per heavy atom. The highest BCUT2D eigenvalue weighted by atomic mass is 35.5. The van der Waals surface area contributed by atoms with Crippen LogP contribution in [0.1, 0.15) is 31.4 Å². The van der Waals surface area contributed by atoms with Crippen LogP contribution in [-0.2, 0) is 4.79 Å². The summed E-state index contributed by atoms with van der Waals surface area (Å²) < 4.78 is 28.3. The van der Waals surface area contributed by atoms with Crippen LogP contribution in [0.15, 0.2) is 24.3 Å². The molecule has 1 N–H and O–H groups in total. The van der Waals surface area contributed by atoms with Crippen LogP contribution in [0.3, 0.4) is 0 Å². The lowest BCUT2D eigenvalue weighted by atomic mass is 10.0. The number of benzene rings is 1. The minimum absolute atomic E-state index is 0.0541. The van der Waals surface area contributed by atoms with Crippen molar-refractivity contribution in [2.45, 2.75) is 36.8 Å². The fourth-order valence-electron chi connectivity index (χ4n) is 2.14. The molecule has 21 heavy (non-hydrogen) atoms. The molecule has 2 atom stereocenters. The van der Waals surface area contributed by atoms with Gasteiger partial charge >= 0.3 is 6.61 Å². The molecular weight excluding hydrogens is 323 g/mol. The van der Waals surface area contributed by atoms with Crippen LogP contribution in [0.25, 0.3) is 0 Å². The van der Waals surface area contributed by atoms with Gasteiger partial charge in [0.25, 0.3) is 0 Å². The van der Waals surface area contributed by atoms with Gasteiger partial charge in [-0.15, -0.1) is 23.2 Å².